The lowest BCUT2D eigenvalue weighted by Crippen LogP contribution is -1.86. The van der Waals surface area contributed by atoms with Gasteiger partial charge in [-0.2, -0.15) is 4.98 Å². The first-order valence-corrected chi connectivity index (χ1v) is 4.74. The molecule has 0 spiro atoms. The number of hydrogen-bond acceptors (Lipinski definition) is 5. The Morgan fingerprint density at radius 3 is 2.75 bits per heavy atom. The van der Waals surface area contributed by atoms with Crippen molar-refractivity contribution < 1.29 is 14.1 Å². The Bertz CT molecular complexity index is 476. The summed E-state index contributed by atoms with van der Waals surface area (Å²) in [7, 11) is 1.60. The van der Waals surface area contributed by atoms with Crippen LogP contribution >= 0.6 is 0 Å². The Labute approximate surface area is 92.0 Å². The summed E-state index contributed by atoms with van der Waals surface area (Å²) >= 11 is 0. The average Bonchev–Trinajstić information content (AvgIpc) is 2.78. The quantitative estimate of drug-likeness (QED) is 0.727. The van der Waals surface area contributed by atoms with E-state index in [-0.39, 0.29) is 6.42 Å². The van der Waals surface area contributed by atoms with Crippen LogP contribution in [0.25, 0.3) is 11.4 Å². The molecule has 0 unspecified atom stereocenters. The number of carbonyl (C=O) groups is 1. The Hall–Kier alpha value is -2.17. The van der Waals surface area contributed by atoms with Gasteiger partial charge in [0.1, 0.15) is 12.0 Å². The normalized spacial score (nSPS) is 10.1. The Balaban J connectivity index is 2.24. The molecular formula is C11H10N2O3. The van der Waals surface area contributed by atoms with Crippen molar-refractivity contribution >= 4 is 6.29 Å². The summed E-state index contributed by atoms with van der Waals surface area (Å²) in [5.41, 5.74) is 0.821. The molecule has 5 heteroatoms. The molecule has 0 atom stereocenters. The predicted molar refractivity (Wildman–Crippen MR) is 56.1 cm³/mol. The standard InChI is InChI=1S/C11H10N2O3/c1-15-9-4-2-8(3-5-9)11-12-10(6-7-14)16-13-11/h2-5,7H,6H2,1H3. The zero-order valence-electron chi connectivity index (χ0n) is 8.71. The summed E-state index contributed by atoms with van der Waals surface area (Å²) < 4.78 is 9.93. The topological polar surface area (TPSA) is 65.2 Å². The van der Waals surface area contributed by atoms with Crippen LogP contribution < -0.4 is 4.74 Å². The number of aldehydes is 1. The van der Waals surface area contributed by atoms with E-state index < -0.39 is 0 Å². The lowest BCUT2D eigenvalue weighted by Gasteiger charge is -1.98. The second-order valence-corrected chi connectivity index (χ2v) is 3.11. The summed E-state index contributed by atoms with van der Waals surface area (Å²) in [6, 6.07) is 7.28. The van der Waals surface area contributed by atoms with Crippen LogP contribution in [-0.4, -0.2) is 23.5 Å². The van der Waals surface area contributed by atoms with Gasteiger partial charge in [-0.1, -0.05) is 5.16 Å². The number of nitrogens with zero attached hydrogens (tertiary/aromatic N) is 2. The molecule has 0 saturated carbocycles. The molecule has 0 radical (unpaired) electrons. The van der Waals surface area contributed by atoms with Gasteiger partial charge in [-0.05, 0) is 24.3 Å². The minimum absolute atomic E-state index is 0.142. The average molecular weight is 218 g/mol. The van der Waals surface area contributed by atoms with Crippen molar-refractivity contribution in [1.29, 1.82) is 0 Å². The van der Waals surface area contributed by atoms with Crippen LogP contribution in [0.4, 0.5) is 0 Å². The molecule has 1 aromatic heterocycles. The minimum Gasteiger partial charge on any atom is -0.497 e. The highest BCUT2D eigenvalue weighted by Gasteiger charge is 2.07. The Kier molecular flexibility index (Phi) is 2.95. The van der Waals surface area contributed by atoms with Gasteiger partial charge in [0.05, 0.1) is 13.5 Å². The highest BCUT2D eigenvalue weighted by atomic mass is 16.5. The number of ether oxygens (including phenoxy) is 1. The fourth-order valence-corrected chi connectivity index (χ4v) is 1.27. The van der Waals surface area contributed by atoms with Crippen molar-refractivity contribution in [2.24, 2.45) is 0 Å². The number of rotatable bonds is 4. The van der Waals surface area contributed by atoms with Crippen LogP contribution in [0.1, 0.15) is 5.89 Å². The molecule has 5 nitrogen and oxygen atoms in total. The van der Waals surface area contributed by atoms with Gasteiger partial charge in [-0.15, -0.1) is 0 Å². The monoisotopic (exact) mass is 218 g/mol. The number of hydrogen-bond donors (Lipinski definition) is 0. The van der Waals surface area contributed by atoms with Crippen molar-refractivity contribution in [2.75, 3.05) is 7.11 Å². The summed E-state index contributed by atoms with van der Waals surface area (Å²) in [6.07, 6.45) is 0.870. The Morgan fingerprint density at radius 1 is 1.38 bits per heavy atom. The summed E-state index contributed by atoms with van der Waals surface area (Å²) in [5, 5.41) is 3.77. The van der Waals surface area contributed by atoms with Crippen LogP contribution in [-0.2, 0) is 11.2 Å². The zero-order chi connectivity index (χ0) is 11.4. The second kappa shape index (κ2) is 4.57. The largest absolute Gasteiger partial charge is 0.497 e. The molecule has 0 fully saturated rings. The first-order chi connectivity index (χ1) is 7.83. The predicted octanol–water partition coefficient (Wildman–Crippen LogP) is 1.49. The van der Waals surface area contributed by atoms with E-state index in [1.54, 1.807) is 7.11 Å². The zero-order valence-corrected chi connectivity index (χ0v) is 8.71. The van der Waals surface area contributed by atoms with Gasteiger partial charge in [0.2, 0.25) is 11.7 Å². The molecule has 0 amide bonds. The highest BCUT2D eigenvalue weighted by Crippen LogP contribution is 2.19. The SMILES string of the molecule is COc1ccc(-c2noc(CC=O)n2)cc1. The lowest BCUT2D eigenvalue weighted by atomic mass is 10.2. The van der Waals surface area contributed by atoms with E-state index in [9.17, 15) is 4.79 Å². The molecule has 0 aliphatic carbocycles. The molecule has 0 N–H and O–H groups in total. The van der Waals surface area contributed by atoms with E-state index in [4.69, 9.17) is 9.26 Å². The highest BCUT2D eigenvalue weighted by molar-refractivity contribution is 5.57. The van der Waals surface area contributed by atoms with Gasteiger partial charge in [0.15, 0.2) is 0 Å². The van der Waals surface area contributed by atoms with Gasteiger partial charge in [-0.25, -0.2) is 0 Å². The third-order valence-corrected chi connectivity index (χ3v) is 2.07. The summed E-state index contributed by atoms with van der Waals surface area (Å²) in [5.74, 6) is 1.56. The molecule has 2 aromatic rings. The maximum atomic E-state index is 10.3. The second-order valence-electron chi connectivity index (χ2n) is 3.11. The van der Waals surface area contributed by atoms with E-state index in [1.807, 2.05) is 24.3 Å². The van der Waals surface area contributed by atoms with Crippen LogP contribution in [0.2, 0.25) is 0 Å². The van der Waals surface area contributed by atoms with Gasteiger partial charge in [0.25, 0.3) is 0 Å². The van der Waals surface area contributed by atoms with E-state index >= 15 is 0 Å². The van der Waals surface area contributed by atoms with Crippen molar-refractivity contribution in [3.8, 4) is 17.1 Å². The number of carbonyl (C=O) groups excluding carboxylic acids is 1. The number of benzene rings is 1. The van der Waals surface area contributed by atoms with Crippen molar-refractivity contribution in [3.63, 3.8) is 0 Å². The maximum absolute atomic E-state index is 10.3. The molecule has 2 rings (SSSR count). The van der Waals surface area contributed by atoms with Crippen molar-refractivity contribution in [2.45, 2.75) is 6.42 Å². The summed E-state index contributed by atoms with van der Waals surface area (Å²) in [6.45, 7) is 0. The van der Waals surface area contributed by atoms with Gasteiger partial charge in [-0.3, -0.25) is 0 Å². The van der Waals surface area contributed by atoms with E-state index in [0.29, 0.717) is 11.7 Å². The van der Waals surface area contributed by atoms with Crippen molar-refractivity contribution in [1.82, 2.24) is 10.1 Å². The third kappa shape index (κ3) is 2.08. The van der Waals surface area contributed by atoms with E-state index in [2.05, 4.69) is 10.1 Å². The summed E-state index contributed by atoms with van der Waals surface area (Å²) in [4.78, 5) is 14.3. The fourth-order valence-electron chi connectivity index (χ4n) is 1.27. The van der Waals surface area contributed by atoms with Gasteiger partial charge >= 0.3 is 0 Å². The van der Waals surface area contributed by atoms with Crippen LogP contribution in [0, 0.1) is 0 Å². The molecule has 0 aliphatic rings. The molecule has 0 bridgehead atoms. The van der Waals surface area contributed by atoms with E-state index in [0.717, 1.165) is 17.6 Å². The molecule has 0 aliphatic heterocycles. The first-order valence-electron chi connectivity index (χ1n) is 4.74. The molecule has 82 valence electrons. The van der Waals surface area contributed by atoms with E-state index in [1.165, 1.54) is 0 Å². The molecule has 16 heavy (non-hydrogen) atoms. The smallest absolute Gasteiger partial charge is 0.234 e. The van der Waals surface area contributed by atoms with Crippen molar-refractivity contribution in [3.05, 3.63) is 30.2 Å². The Morgan fingerprint density at radius 2 is 2.12 bits per heavy atom. The molecule has 0 saturated heterocycles. The minimum atomic E-state index is 0.142. The maximum Gasteiger partial charge on any atom is 0.234 e. The number of aromatic nitrogens is 2. The lowest BCUT2D eigenvalue weighted by molar-refractivity contribution is -0.107. The molecular weight excluding hydrogens is 208 g/mol. The molecule has 1 aromatic carbocycles. The number of methoxy groups -OCH3 is 1. The van der Waals surface area contributed by atoms with Gasteiger partial charge < -0.3 is 14.1 Å². The fraction of sp³-hybridized carbons (Fsp3) is 0.182. The molecule has 1 heterocycles. The third-order valence-electron chi connectivity index (χ3n) is 2.07. The van der Waals surface area contributed by atoms with Gasteiger partial charge in [0, 0.05) is 5.56 Å². The first kappa shape index (κ1) is 10.4. The van der Waals surface area contributed by atoms with Crippen LogP contribution in [0.3, 0.4) is 0 Å². The van der Waals surface area contributed by atoms with Crippen LogP contribution in [0.15, 0.2) is 28.8 Å². The van der Waals surface area contributed by atoms with Crippen LogP contribution in [0.5, 0.6) is 5.75 Å².